The highest BCUT2D eigenvalue weighted by atomic mass is 35.5. The molecule has 1 aliphatic heterocycles. The second kappa shape index (κ2) is 6.67. The summed E-state index contributed by atoms with van der Waals surface area (Å²) in [6.45, 7) is 1.12. The lowest BCUT2D eigenvalue weighted by Crippen LogP contribution is -2.39. The number of benzene rings is 1. The normalized spacial score (nSPS) is 22.7. The molecule has 2 atom stereocenters. The fourth-order valence-electron chi connectivity index (χ4n) is 3.77. The molecule has 5 nitrogen and oxygen atoms in total. The third kappa shape index (κ3) is 3.35. The van der Waals surface area contributed by atoms with Crippen molar-refractivity contribution in [1.29, 1.82) is 0 Å². The van der Waals surface area contributed by atoms with Crippen molar-refractivity contribution in [2.24, 2.45) is 0 Å². The molecule has 1 fully saturated rings. The summed E-state index contributed by atoms with van der Waals surface area (Å²) in [6, 6.07) is 6.94. The molecule has 0 bridgehead atoms. The molecule has 1 aromatic heterocycles. The van der Waals surface area contributed by atoms with E-state index in [4.69, 9.17) is 11.6 Å². The Balaban J connectivity index is 1.48. The summed E-state index contributed by atoms with van der Waals surface area (Å²) < 4.78 is 13.6. The van der Waals surface area contributed by atoms with Crippen LogP contribution in [0.4, 0.5) is 14.9 Å². The van der Waals surface area contributed by atoms with Crippen LogP contribution in [0.3, 0.4) is 0 Å². The molecule has 0 spiro atoms. The molecule has 4 rings (SSSR count). The summed E-state index contributed by atoms with van der Waals surface area (Å²) in [5.74, 6) is 0.158. The highest BCUT2D eigenvalue weighted by Gasteiger charge is 2.32. The zero-order chi connectivity index (χ0) is 17.4. The van der Waals surface area contributed by atoms with Crippen LogP contribution in [-0.2, 0) is 13.0 Å². The van der Waals surface area contributed by atoms with Gasteiger partial charge in [-0.15, -0.1) is 0 Å². The number of halogens is 2. The van der Waals surface area contributed by atoms with Crippen molar-refractivity contribution in [1.82, 2.24) is 15.1 Å². The number of amides is 2. The average molecular weight is 363 g/mol. The zero-order valence-electron chi connectivity index (χ0n) is 13.8. The van der Waals surface area contributed by atoms with Gasteiger partial charge in [-0.05, 0) is 37.5 Å². The van der Waals surface area contributed by atoms with E-state index < -0.39 is 6.17 Å². The first-order chi connectivity index (χ1) is 12.1. The quantitative estimate of drug-likeness (QED) is 0.838. The van der Waals surface area contributed by atoms with Crippen LogP contribution >= 0.6 is 11.6 Å². The molecule has 2 N–H and O–H groups in total. The van der Waals surface area contributed by atoms with Crippen LogP contribution < -0.4 is 5.32 Å². The third-order valence-corrected chi connectivity index (χ3v) is 5.32. The highest BCUT2D eigenvalue weighted by molar-refractivity contribution is 6.30. The number of aromatic nitrogens is 2. The maximum Gasteiger partial charge on any atom is 0.322 e. The Bertz CT molecular complexity index is 793. The molecule has 7 heteroatoms. The van der Waals surface area contributed by atoms with Gasteiger partial charge in [0.2, 0.25) is 0 Å². The molecule has 2 aromatic rings. The molecular formula is C18H20ClFN4O. The number of hydrogen-bond acceptors (Lipinski definition) is 2. The molecule has 2 heterocycles. The zero-order valence-corrected chi connectivity index (χ0v) is 14.5. The van der Waals surface area contributed by atoms with Gasteiger partial charge < -0.3 is 10.2 Å². The van der Waals surface area contributed by atoms with E-state index in [1.807, 2.05) is 6.07 Å². The van der Waals surface area contributed by atoms with Gasteiger partial charge in [-0.1, -0.05) is 17.7 Å². The van der Waals surface area contributed by atoms with Crippen LogP contribution in [0.25, 0.3) is 0 Å². The summed E-state index contributed by atoms with van der Waals surface area (Å²) in [6.07, 6.45) is 1.96. The standard InChI is InChI=1S/C18H20ClFN4O/c19-12-2-1-3-14(9-12)21-18(25)24-7-6-16-15(10-24)17(23-22-16)11-4-5-13(20)8-11/h1-3,9,11,13H,4-8,10H2,(H,21,25)(H,22,23). The van der Waals surface area contributed by atoms with Crippen LogP contribution in [0.15, 0.2) is 24.3 Å². The molecule has 132 valence electrons. The Kier molecular flexibility index (Phi) is 4.37. The first-order valence-electron chi connectivity index (χ1n) is 8.61. The third-order valence-electron chi connectivity index (χ3n) is 5.08. The number of fused-ring (bicyclic) bond motifs is 1. The van der Waals surface area contributed by atoms with Crippen molar-refractivity contribution in [3.05, 3.63) is 46.2 Å². The lowest BCUT2D eigenvalue weighted by Gasteiger charge is -2.28. The molecular weight excluding hydrogens is 343 g/mol. The number of aromatic amines is 1. The van der Waals surface area contributed by atoms with Gasteiger partial charge in [0.05, 0.1) is 12.2 Å². The number of nitrogens with zero attached hydrogens (tertiary/aromatic N) is 2. The molecule has 1 aliphatic carbocycles. The van der Waals surface area contributed by atoms with E-state index in [9.17, 15) is 9.18 Å². The molecule has 1 saturated carbocycles. The topological polar surface area (TPSA) is 61.0 Å². The van der Waals surface area contributed by atoms with E-state index in [0.717, 1.165) is 29.8 Å². The maximum atomic E-state index is 13.6. The summed E-state index contributed by atoms with van der Waals surface area (Å²) in [5, 5.41) is 11.0. The largest absolute Gasteiger partial charge is 0.322 e. The Morgan fingerprint density at radius 3 is 3.04 bits per heavy atom. The molecule has 2 aliphatic rings. The fraction of sp³-hybridized carbons (Fsp3) is 0.444. The SMILES string of the molecule is O=C(Nc1cccc(Cl)c1)N1CCc2[nH]nc(C3CCC(F)C3)c2C1. The number of H-pyrrole nitrogens is 1. The van der Waals surface area contributed by atoms with Gasteiger partial charge in [0.1, 0.15) is 6.17 Å². The number of carbonyl (C=O) groups is 1. The predicted octanol–water partition coefficient (Wildman–Crippen LogP) is 4.26. The van der Waals surface area contributed by atoms with Crippen molar-refractivity contribution in [3.63, 3.8) is 0 Å². The molecule has 2 amide bonds. The van der Waals surface area contributed by atoms with Gasteiger partial charge in [-0.3, -0.25) is 5.10 Å². The number of nitrogens with one attached hydrogen (secondary N) is 2. The van der Waals surface area contributed by atoms with Crippen molar-refractivity contribution in [3.8, 4) is 0 Å². The van der Waals surface area contributed by atoms with E-state index in [0.29, 0.717) is 36.6 Å². The van der Waals surface area contributed by atoms with Crippen LogP contribution in [0, 0.1) is 0 Å². The van der Waals surface area contributed by atoms with Gasteiger partial charge in [-0.25, -0.2) is 9.18 Å². The Morgan fingerprint density at radius 2 is 2.28 bits per heavy atom. The molecule has 0 radical (unpaired) electrons. The maximum absolute atomic E-state index is 13.6. The van der Waals surface area contributed by atoms with Gasteiger partial charge in [0.25, 0.3) is 0 Å². The van der Waals surface area contributed by atoms with Gasteiger partial charge >= 0.3 is 6.03 Å². The second-order valence-corrected chi connectivity index (χ2v) is 7.22. The van der Waals surface area contributed by atoms with Crippen LogP contribution in [0.5, 0.6) is 0 Å². The summed E-state index contributed by atoms with van der Waals surface area (Å²) in [5.41, 5.74) is 3.75. The highest BCUT2D eigenvalue weighted by Crippen LogP contribution is 2.38. The van der Waals surface area contributed by atoms with Crippen molar-refractivity contribution in [2.75, 3.05) is 11.9 Å². The first kappa shape index (κ1) is 16.4. The summed E-state index contributed by atoms with van der Waals surface area (Å²) in [7, 11) is 0. The smallest absolute Gasteiger partial charge is 0.320 e. The number of anilines is 1. The van der Waals surface area contributed by atoms with E-state index in [1.54, 1.807) is 23.1 Å². The summed E-state index contributed by atoms with van der Waals surface area (Å²) in [4.78, 5) is 14.3. The second-order valence-electron chi connectivity index (χ2n) is 6.79. The van der Waals surface area contributed by atoms with Gasteiger partial charge in [-0.2, -0.15) is 5.10 Å². The average Bonchev–Trinajstić information content (AvgIpc) is 3.20. The van der Waals surface area contributed by atoms with Crippen LogP contribution in [0.2, 0.25) is 5.02 Å². The van der Waals surface area contributed by atoms with E-state index in [2.05, 4.69) is 15.5 Å². The van der Waals surface area contributed by atoms with Crippen molar-refractivity contribution >= 4 is 23.3 Å². The molecule has 25 heavy (non-hydrogen) atoms. The Labute approximate surface area is 150 Å². The lowest BCUT2D eigenvalue weighted by atomic mass is 9.96. The monoisotopic (exact) mass is 362 g/mol. The van der Waals surface area contributed by atoms with Crippen LogP contribution in [-0.4, -0.2) is 33.8 Å². The number of rotatable bonds is 2. The van der Waals surface area contributed by atoms with Gasteiger partial charge in [0, 0.05) is 40.9 Å². The Morgan fingerprint density at radius 1 is 1.40 bits per heavy atom. The minimum atomic E-state index is -0.733. The van der Waals surface area contributed by atoms with E-state index in [-0.39, 0.29) is 11.9 Å². The number of alkyl halides is 1. The molecule has 0 saturated heterocycles. The number of carbonyl (C=O) groups excluding carboxylic acids is 1. The fourth-order valence-corrected chi connectivity index (χ4v) is 3.96. The van der Waals surface area contributed by atoms with Crippen molar-refractivity contribution in [2.45, 2.75) is 44.3 Å². The van der Waals surface area contributed by atoms with Crippen LogP contribution in [0.1, 0.15) is 42.1 Å². The lowest BCUT2D eigenvalue weighted by molar-refractivity contribution is 0.206. The minimum Gasteiger partial charge on any atom is -0.320 e. The minimum absolute atomic E-state index is 0.158. The predicted molar refractivity (Wildman–Crippen MR) is 94.7 cm³/mol. The van der Waals surface area contributed by atoms with Crippen molar-refractivity contribution < 1.29 is 9.18 Å². The van der Waals surface area contributed by atoms with E-state index >= 15 is 0 Å². The molecule has 1 aromatic carbocycles. The van der Waals surface area contributed by atoms with E-state index in [1.165, 1.54) is 0 Å². The van der Waals surface area contributed by atoms with Gasteiger partial charge in [0.15, 0.2) is 0 Å². The summed E-state index contributed by atoms with van der Waals surface area (Å²) >= 11 is 5.96. The first-order valence-corrected chi connectivity index (χ1v) is 8.99. The number of urea groups is 1. The Hall–Kier alpha value is -2.08. The molecule has 2 unspecified atom stereocenters. The number of hydrogen-bond donors (Lipinski definition) is 2.